The summed E-state index contributed by atoms with van der Waals surface area (Å²) < 4.78 is 11.7. The predicted molar refractivity (Wildman–Crippen MR) is 109 cm³/mol. The van der Waals surface area contributed by atoms with Gasteiger partial charge in [-0.1, -0.05) is 12.1 Å². The summed E-state index contributed by atoms with van der Waals surface area (Å²) >= 11 is 0. The van der Waals surface area contributed by atoms with Crippen LogP contribution < -0.4 is 14.9 Å². The third kappa shape index (κ3) is 4.35. The van der Waals surface area contributed by atoms with Crippen LogP contribution in [0.4, 0.5) is 11.4 Å². The number of non-ortho nitro benzene ring substituents is 1. The van der Waals surface area contributed by atoms with Gasteiger partial charge >= 0.3 is 5.69 Å². The Morgan fingerprint density at radius 3 is 2.59 bits per heavy atom. The highest BCUT2D eigenvalue weighted by atomic mass is 16.7. The first-order chi connectivity index (χ1) is 15.4. The van der Waals surface area contributed by atoms with Crippen molar-refractivity contribution in [3.8, 4) is 11.5 Å². The molecule has 1 aliphatic heterocycles. The highest BCUT2D eigenvalue weighted by Gasteiger charge is 2.25. The lowest BCUT2D eigenvalue weighted by Gasteiger charge is -2.01. The Hall–Kier alpha value is -4.81. The van der Waals surface area contributed by atoms with Crippen LogP contribution >= 0.6 is 0 Å². The van der Waals surface area contributed by atoms with Gasteiger partial charge in [0.15, 0.2) is 11.5 Å². The fraction of sp³-hybridized carbons (Fsp3) is 0.105. The molecule has 0 spiro atoms. The molecule has 3 aromatic rings. The lowest BCUT2D eigenvalue weighted by Crippen LogP contribution is -2.19. The van der Waals surface area contributed by atoms with E-state index in [1.165, 1.54) is 35.2 Å². The average Bonchev–Trinajstić information content (AvgIpc) is 3.41. The Labute approximate surface area is 179 Å². The van der Waals surface area contributed by atoms with Gasteiger partial charge < -0.3 is 9.47 Å². The van der Waals surface area contributed by atoms with E-state index in [0.717, 1.165) is 6.20 Å². The Kier molecular flexibility index (Phi) is 5.44. The van der Waals surface area contributed by atoms with Crippen LogP contribution in [0.5, 0.6) is 11.5 Å². The number of rotatable bonds is 7. The number of nitro benzene ring substituents is 1. The number of hydrogen-bond acceptors (Lipinski definition) is 9. The molecule has 0 saturated heterocycles. The molecule has 13 nitrogen and oxygen atoms in total. The average molecular weight is 438 g/mol. The zero-order valence-electron chi connectivity index (χ0n) is 16.2. The molecule has 13 heteroatoms. The van der Waals surface area contributed by atoms with Crippen molar-refractivity contribution < 1.29 is 24.1 Å². The van der Waals surface area contributed by atoms with Crippen molar-refractivity contribution in [3.63, 3.8) is 0 Å². The summed E-state index contributed by atoms with van der Waals surface area (Å²) in [6.45, 7) is 0.200. The summed E-state index contributed by atoms with van der Waals surface area (Å²) in [5.41, 5.74) is 2.44. The molecule has 0 saturated carbocycles. The molecule has 32 heavy (non-hydrogen) atoms. The number of carbonyl (C=O) groups is 1. The molecule has 4 rings (SSSR count). The summed E-state index contributed by atoms with van der Waals surface area (Å²) in [4.78, 5) is 33.2. The SMILES string of the molecule is O=C(NN=Cc1ccc2c(c1)OCO2)c1nn(Cc2ccc([N+](=O)[O-])cc2)cc1[N+](=O)[O-]. The van der Waals surface area contributed by atoms with E-state index in [-0.39, 0.29) is 19.0 Å². The van der Waals surface area contributed by atoms with Gasteiger partial charge in [-0.2, -0.15) is 10.2 Å². The summed E-state index contributed by atoms with van der Waals surface area (Å²) in [7, 11) is 0. The minimum absolute atomic E-state index is 0.0760. The normalized spacial score (nSPS) is 12.1. The molecular formula is C19H14N6O7. The number of amides is 1. The number of hydrogen-bond donors (Lipinski definition) is 1. The number of ether oxygens (including phenoxy) is 2. The van der Waals surface area contributed by atoms with Crippen molar-refractivity contribution in [2.75, 3.05) is 6.79 Å². The first kappa shape index (κ1) is 20.5. The van der Waals surface area contributed by atoms with Crippen molar-refractivity contribution in [2.45, 2.75) is 6.54 Å². The van der Waals surface area contributed by atoms with Gasteiger partial charge in [-0.05, 0) is 29.3 Å². The second-order valence-corrected chi connectivity index (χ2v) is 6.55. The van der Waals surface area contributed by atoms with Crippen molar-refractivity contribution in [1.82, 2.24) is 15.2 Å². The van der Waals surface area contributed by atoms with Gasteiger partial charge in [0.25, 0.3) is 11.6 Å². The molecule has 1 amide bonds. The molecule has 162 valence electrons. The largest absolute Gasteiger partial charge is 0.454 e. The van der Waals surface area contributed by atoms with Gasteiger partial charge in [0.2, 0.25) is 12.5 Å². The number of fused-ring (bicyclic) bond motifs is 1. The number of benzene rings is 2. The van der Waals surface area contributed by atoms with Crippen LogP contribution in [0.2, 0.25) is 0 Å². The number of carbonyl (C=O) groups excluding carboxylic acids is 1. The number of nitro groups is 2. The molecule has 0 bridgehead atoms. The smallest absolute Gasteiger partial charge is 0.320 e. The first-order valence-corrected chi connectivity index (χ1v) is 9.09. The van der Waals surface area contributed by atoms with E-state index < -0.39 is 27.1 Å². The fourth-order valence-electron chi connectivity index (χ4n) is 2.91. The van der Waals surface area contributed by atoms with E-state index >= 15 is 0 Å². The van der Waals surface area contributed by atoms with E-state index in [0.29, 0.717) is 22.6 Å². The number of nitrogens with zero attached hydrogens (tertiary/aromatic N) is 5. The summed E-state index contributed by atoms with van der Waals surface area (Å²) in [6.07, 6.45) is 2.46. The molecule has 1 aromatic heterocycles. The van der Waals surface area contributed by atoms with Crippen LogP contribution in [0.1, 0.15) is 21.6 Å². The lowest BCUT2D eigenvalue weighted by molar-refractivity contribution is -0.385. The summed E-state index contributed by atoms with van der Waals surface area (Å²) in [6, 6.07) is 10.7. The quantitative estimate of drug-likeness (QED) is 0.333. The van der Waals surface area contributed by atoms with E-state index in [1.54, 1.807) is 18.2 Å². The topological polar surface area (TPSA) is 164 Å². The van der Waals surface area contributed by atoms with Crippen LogP contribution in [0.3, 0.4) is 0 Å². The van der Waals surface area contributed by atoms with Gasteiger partial charge in [-0.3, -0.25) is 29.7 Å². The Balaban J connectivity index is 1.47. The zero-order chi connectivity index (χ0) is 22.7. The molecule has 0 aliphatic carbocycles. The van der Waals surface area contributed by atoms with Gasteiger partial charge in [0.05, 0.1) is 22.6 Å². The maximum atomic E-state index is 12.4. The second-order valence-electron chi connectivity index (χ2n) is 6.55. The highest BCUT2D eigenvalue weighted by Crippen LogP contribution is 2.32. The lowest BCUT2D eigenvalue weighted by atomic mass is 10.2. The Bertz CT molecular complexity index is 1240. The van der Waals surface area contributed by atoms with Crippen LogP contribution in [0.15, 0.2) is 53.8 Å². The third-order valence-electron chi connectivity index (χ3n) is 4.42. The third-order valence-corrected chi connectivity index (χ3v) is 4.42. The minimum Gasteiger partial charge on any atom is -0.454 e. The predicted octanol–water partition coefficient (Wildman–Crippen LogP) is 2.24. The molecule has 1 aliphatic rings. The maximum absolute atomic E-state index is 12.4. The monoisotopic (exact) mass is 438 g/mol. The number of aromatic nitrogens is 2. The molecule has 0 fully saturated rings. The van der Waals surface area contributed by atoms with E-state index in [4.69, 9.17) is 9.47 Å². The second kappa shape index (κ2) is 8.51. The van der Waals surface area contributed by atoms with Crippen LogP contribution in [-0.4, -0.2) is 38.5 Å². The first-order valence-electron chi connectivity index (χ1n) is 9.09. The summed E-state index contributed by atoms with van der Waals surface area (Å²) in [5, 5.41) is 29.9. The Morgan fingerprint density at radius 1 is 1.12 bits per heavy atom. The van der Waals surface area contributed by atoms with Gasteiger partial charge in [0.1, 0.15) is 6.20 Å². The Morgan fingerprint density at radius 2 is 1.88 bits per heavy atom. The molecule has 0 radical (unpaired) electrons. The minimum atomic E-state index is -0.865. The fourth-order valence-corrected chi connectivity index (χ4v) is 2.91. The van der Waals surface area contributed by atoms with Crippen LogP contribution in [-0.2, 0) is 6.54 Å². The molecule has 2 heterocycles. The zero-order valence-corrected chi connectivity index (χ0v) is 16.2. The molecule has 0 atom stereocenters. The molecule has 2 aromatic carbocycles. The van der Waals surface area contributed by atoms with E-state index in [1.807, 2.05) is 0 Å². The van der Waals surface area contributed by atoms with Gasteiger partial charge in [0, 0.05) is 12.1 Å². The maximum Gasteiger partial charge on any atom is 0.320 e. The molecular weight excluding hydrogens is 424 g/mol. The van der Waals surface area contributed by atoms with Crippen molar-refractivity contribution in [2.24, 2.45) is 5.10 Å². The summed E-state index contributed by atoms with van der Waals surface area (Å²) in [5.74, 6) is 0.275. The van der Waals surface area contributed by atoms with Crippen molar-refractivity contribution in [3.05, 3.63) is 85.7 Å². The highest BCUT2D eigenvalue weighted by molar-refractivity contribution is 5.96. The van der Waals surface area contributed by atoms with E-state index in [9.17, 15) is 25.0 Å². The standard InChI is InChI=1S/C19H14N6O7/c26-19(21-20-8-13-3-6-16-17(7-13)32-11-31-16)18-15(25(29)30)10-23(22-18)9-12-1-4-14(5-2-12)24(27)28/h1-8,10H,9,11H2,(H,21,26). The van der Waals surface area contributed by atoms with Gasteiger partial charge in [-0.25, -0.2) is 5.43 Å². The van der Waals surface area contributed by atoms with Crippen molar-refractivity contribution in [1.29, 1.82) is 0 Å². The van der Waals surface area contributed by atoms with Crippen LogP contribution in [0, 0.1) is 20.2 Å². The number of hydrazone groups is 1. The van der Waals surface area contributed by atoms with Crippen molar-refractivity contribution >= 4 is 23.5 Å². The molecule has 0 unspecified atom stereocenters. The molecule has 1 N–H and O–H groups in total. The number of nitrogens with one attached hydrogen (secondary N) is 1. The van der Waals surface area contributed by atoms with E-state index in [2.05, 4.69) is 15.6 Å². The van der Waals surface area contributed by atoms with Gasteiger partial charge in [-0.15, -0.1) is 0 Å². The van der Waals surface area contributed by atoms with Crippen LogP contribution in [0.25, 0.3) is 0 Å².